The van der Waals surface area contributed by atoms with Gasteiger partial charge in [-0.3, -0.25) is 0 Å². The summed E-state index contributed by atoms with van der Waals surface area (Å²) in [6.07, 6.45) is 6.20. The van der Waals surface area contributed by atoms with E-state index < -0.39 is 0 Å². The Morgan fingerprint density at radius 3 is 2.69 bits per heavy atom. The van der Waals surface area contributed by atoms with Crippen LogP contribution in [0.1, 0.15) is 37.7 Å². The Bertz CT molecular complexity index is 403. The number of anilines is 1. The van der Waals surface area contributed by atoms with E-state index in [0.29, 0.717) is 17.0 Å². The zero-order valence-corrected chi connectivity index (χ0v) is 9.28. The number of benzene rings is 1. The minimum absolute atomic E-state index is 0.269. The molecule has 1 saturated carbocycles. The number of rotatable bonds is 2. The van der Waals surface area contributed by atoms with Crippen LogP contribution in [0.2, 0.25) is 0 Å². The molecule has 0 aliphatic heterocycles. The van der Waals surface area contributed by atoms with Crippen LogP contribution in [0.4, 0.5) is 5.69 Å². The summed E-state index contributed by atoms with van der Waals surface area (Å²) >= 11 is 0. The van der Waals surface area contributed by atoms with Gasteiger partial charge >= 0.3 is 0 Å². The largest absolute Gasteiger partial charge is 0.488 e. The molecule has 3 nitrogen and oxygen atoms in total. The van der Waals surface area contributed by atoms with Gasteiger partial charge in [-0.05, 0) is 37.8 Å². The third-order valence-electron chi connectivity index (χ3n) is 2.99. The maximum Gasteiger partial charge on any atom is 0.143 e. The predicted molar refractivity (Wildman–Crippen MR) is 63.1 cm³/mol. The van der Waals surface area contributed by atoms with Gasteiger partial charge in [0.25, 0.3) is 0 Å². The van der Waals surface area contributed by atoms with Crippen molar-refractivity contribution < 1.29 is 4.74 Å². The fourth-order valence-electron chi connectivity index (χ4n) is 2.07. The Morgan fingerprint density at radius 1 is 1.25 bits per heavy atom. The highest BCUT2D eigenvalue weighted by atomic mass is 16.5. The molecule has 0 bridgehead atoms. The summed E-state index contributed by atoms with van der Waals surface area (Å²) in [5, 5.41) is 8.81. The Morgan fingerprint density at radius 2 is 2.00 bits per heavy atom. The molecule has 0 aromatic heterocycles. The van der Waals surface area contributed by atoms with Crippen LogP contribution in [-0.2, 0) is 0 Å². The quantitative estimate of drug-likeness (QED) is 0.773. The molecule has 1 aliphatic carbocycles. The predicted octanol–water partition coefficient (Wildman–Crippen LogP) is 2.85. The lowest BCUT2D eigenvalue weighted by atomic mass is 9.98. The first-order valence-electron chi connectivity index (χ1n) is 5.76. The first-order chi connectivity index (χ1) is 7.79. The number of nitrogen functional groups attached to an aromatic ring is 1. The van der Waals surface area contributed by atoms with Gasteiger partial charge < -0.3 is 10.5 Å². The van der Waals surface area contributed by atoms with Gasteiger partial charge in [-0.2, -0.15) is 5.26 Å². The van der Waals surface area contributed by atoms with Gasteiger partial charge in [0, 0.05) is 6.07 Å². The monoisotopic (exact) mass is 216 g/mol. The van der Waals surface area contributed by atoms with E-state index in [1.54, 1.807) is 18.2 Å². The van der Waals surface area contributed by atoms with E-state index >= 15 is 0 Å². The van der Waals surface area contributed by atoms with Crippen molar-refractivity contribution in [1.29, 1.82) is 5.26 Å². The second kappa shape index (κ2) is 4.89. The fraction of sp³-hybridized carbons (Fsp3) is 0.462. The second-order valence-corrected chi connectivity index (χ2v) is 4.24. The van der Waals surface area contributed by atoms with E-state index in [1.807, 2.05) is 0 Å². The summed E-state index contributed by atoms with van der Waals surface area (Å²) in [5.74, 6) is 0.658. The van der Waals surface area contributed by atoms with E-state index in [-0.39, 0.29) is 6.10 Å². The molecule has 0 amide bonds. The molecule has 1 aliphatic rings. The third-order valence-corrected chi connectivity index (χ3v) is 2.99. The Kier molecular flexibility index (Phi) is 3.31. The highest BCUT2D eigenvalue weighted by molar-refractivity contribution is 5.56. The molecule has 2 rings (SSSR count). The molecule has 1 aromatic carbocycles. The smallest absolute Gasteiger partial charge is 0.143 e. The first kappa shape index (κ1) is 10.8. The summed E-state index contributed by atoms with van der Waals surface area (Å²) in [6.45, 7) is 0. The summed E-state index contributed by atoms with van der Waals surface area (Å²) in [6, 6.07) is 7.27. The van der Waals surface area contributed by atoms with Gasteiger partial charge in [0.05, 0.1) is 23.4 Å². The van der Waals surface area contributed by atoms with Crippen LogP contribution in [0.3, 0.4) is 0 Å². The van der Waals surface area contributed by atoms with E-state index in [2.05, 4.69) is 6.07 Å². The summed E-state index contributed by atoms with van der Waals surface area (Å²) in [7, 11) is 0. The van der Waals surface area contributed by atoms with Gasteiger partial charge in [0.1, 0.15) is 5.75 Å². The average Bonchev–Trinajstić information content (AvgIpc) is 2.33. The number of nitrogens with zero attached hydrogens (tertiary/aromatic N) is 1. The molecule has 3 heteroatoms. The van der Waals surface area contributed by atoms with Crippen LogP contribution in [-0.4, -0.2) is 6.10 Å². The summed E-state index contributed by atoms with van der Waals surface area (Å²) < 4.78 is 5.85. The minimum atomic E-state index is 0.269. The van der Waals surface area contributed by atoms with Gasteiger partial charge in [0.15, 0.2) is 0 Å². The van der Waals surface area contributed by atoms with Crippen molar-refractivity contribution in [3.8, 4) is 11.8 Å². The molecule has 0 spiro atoms. The maximum atomic E-state index is 8.81. The molecule has 2 N–H and O–H groups in total. The standard InChI is InChI=1S/C13H16N2O/c14-9-10-6-7-12(15)13(8-10)16-11-4-2-1-3-5-11/h6-8,11H,1-5,15H2. The lowest BCUT2D eigenvalue weighted by Crippen LogP contribution is -2.20. The van der Waals surface area contributed by atoms with Crippen LogP contribution < -0.4 is 10.5 Å². The van der Waals surface area contributed by atoms with Gasteiger partial charge in [0.2, 0.25) is 0 Å². The highest BCUT2D eigenvalue weighted by Crippen LogP contribution is 2.28. The van der Waals surface area contributed by atoms with Crippen molar-refractivity contribution in [3.05, 3.63) is 23.8 Å². The van der Waals surface area contributed by atoms with Crippen LogP contribution in [0.15, 0.2) is 18.2 Å². The molecule has 0 saturated heterocycles. The minimum Gasteiger partial charge on any atom is -0.488 e. The highest BCUT2D eigenvalue weighted by Gasteiger charge is 2.16. The number of hydrogen-bond donors (Lipinski definition) is 1. The number of hydrogen-bond acceptors (Lipinski definition) is 3. The van der Waals surface area contributed by atoms with Crippen molar-refractivity contribution >= 4 is 5.69 Å². The fourth-order valence-corrected chi connectivity index (χ4v) is 2.07. The van der Waals surface area contributed by atoms with Gasteiger partial charge in [-0.1, -0.05) is 6.42 Å². The zero-order chi connectivity index (χ0) is 11.4. The number of nitrogens with two attached hydrogens (primary N) is 1. The number of nitriles is 1. The van der Waals surface area contributed by atoms with Gasteiger partial charge in [-0.15, -0.1) is 0 Å². The molecule has 1 aromatic rings. The molecular weight excluding hydrogens is 200 g/mol. The maximum absolute atomic E-state index is 8.81. The van der Waals surface area contributed by atoms with E-state index in [4.69, 9.17) is 15.7 Å². The lowest BCUT2D eigenvalue weighted by Gasteiger charge is -2.23. The molecule has 0 atom stereocenters. The Labute approximate surface area is 95.8 Å². The van der Waals surface area contributed by atoms with Crippen molar-refractivity contribution in [2.45, 2.75) is 38.2 Å². The molecule has 0 heterocycles. The SMILES string of the molecule is N#Cc1ccc(N)c(OC2CCCCC2)c1. The molecule has 1 fully saturated rings. The van der Waals surface area contributed by atoms with E-state index in [9.17, 15) is 0 Å². The van der Waals surface area contributed by atoms with E-state index in [1.165, 1.54) is 19.3 Å². The molecule has 16 heavy (non-hydrogen) atoms. The van der Waals surface area contributed by atoms with Crippen molar-refractivity contribution in [3.63, 3.8) is 0 Å². The van der Waals surface area contributed by atoms with Crippen LogP contribution >= 0.6 is 0 Å². The Hall–Kier alpha value is -1.69. The summed E-state index contributed by atoms with van der Waals surface area (Å²) in [5.41, 5.74) is 7.04. The third kappa shape index (κ3) is 2.46. The normalized spacial score (nSPS) is 16.7. The van der Waals surface area contributed by atoms with Crippen LogP contribution in [0, 0.1) is 11.3 Å². The second-order valence-electron chi connectivity index (χ2n) is 4.24. The molecule has 0 unspecified atom stereocenters. The molecular formula is C13H16N2O. The average molecular weight is 216 g/mol. The van der Waals surface area contributed by atoms with Crippen LogP contribution in [0.5, 0.6) is 5.75 Å². The number of ether oxygens (including phenoxy) is 1. The van der Waals surface area contributed by atoms with Crippen molar-refractivity contribution in [1.82, 2.24) is 0 Å². The van der Waals surface area contributed by atoms with Crippen molar-refractivity contribution in [2.75, 3.05) is 5.73 Å². The van der Waals surface area contributed by atoms with Crippen LogP contribution in [0.25, 0.3) is 0 Å². The van der Waals surface area contributed by atoms with Gasteiger partial charge in [-0.25, -0.2) is 0 Å². The lowest BCUT2D eigenvalue weighted by molar-refractivity contribution is 0.156. The van der Waals surface area contributed by atoms with E-state index in [0.717, 1.165) is 12.8 Å². The topological polar surface area (TPSA) is 59.0 Å². The Balaban J connectivity index is 2.10. The zero-order valence-electron chi connectivity index (χ0n) is 9.28. The van der Waals surface area contributed by atoms with Crippen molar-refractivity contribution in [2.24, 2.45) is 0 Å². The molecule has 84 valence electrons. The molecule has 0 radical (unpaired) electrons. The summed E-state index contributed by atoms with van der Waals surface area (Å²) in [4.78, 5) is 0. The first-order valence-corrected chi connectivity index (χ1v) is 5.76.